The van der Waals surface area contributed by atoms with Crippen LogP contribution in [0.25, 0.3) is 22.6 Å². The predicted octanol–water partition coefficient (Wildman–Crippen LogP) is 4.54. The average Bonchev–Trinajstić information content (AvgIpc) is 2.97. The summed E-state index contributed by atoms with van der Waals surface area (Å²) < 4.78 is 5.51. The summed E-state index contributed by atoms with van der Waals surface area (Å²) in [4.78, 5) is 4.26. The molecule has 0 unspecified atom stereocenters. The minimum Gasteiger partial charge on any atom is -0.508 e. The third-order valence-electron chi connectivity index (χ3n) is 3.63. The Morgan fingerprint density at radius 1 is 1.00 bits per heavy atom. The zero-order valence-corrected chi connectivity index (χ0v) is 12.4. The van der Waals surface area contributed by atoms with E-state index in [4.69, 9.17) is 4.42 Å². The van der Waals surface area contributed by atoms with Crippen molar-refractivity contribution in [3.8, 4) is 34.1 Å². The van der Waals surface area contributed by atoms with E-state index in [1.165, 1.54) is 12.5 Å². The molecule has 0 aliphatic heterocycles. The zero-order valence-electron chi connectivity index (χ0n) is 12.4. The molecule has 0 amide bonds. The second kappa shape index (κ2) is 5.56. The number of oxazole rings is 1. The number of benzene rings is 2. The maximum Gasteiger partial charge on any atom is 0.182 e. The Morgan fingerprint density at radius 3 is 2.41 bits per heavy atom. The molecule has 0 spiro atoms. The van der Waals surface area contributed by atoms with E-state index in [2.05, 4.69) is 4.98 Å². The van der Waals surface area contributed by atoms with Crippen LogP contribution in [0.3, 0.4) is 0 Å². The van der Waals surface area contributed by atoms with E-state index >= 15 is 0 Å². The standard InChI is InChI=1S/C18H17NO3/c1-11(2)13-8-14(16(21)9-15(13)20)18-17(19-10-22-18)12-6-4-3-5-7-12/h3-11,20-21H,1-2H3. The van der Waals surface area contributed by atoms with E-state index in [9.17, 15) is 10.2 Å². The third-order valence-corrected chi connectivity index (χ3v) is 3.63. The number of phenolic OH excluding ortho intramolecular Hbond substituents is 2. The van der Waals surface area contributed by atoms with Crippen molar-refractivity contribution in [2.24, 2.45) is 0 Å². The number of rotatable bonds is 3. The van der Waals surface area contributed by atoms with Crippen molar-refractivity contribution < 1.29 is 14.6 Å². The monoisotopic (exact) mass is 295 g/mol. The Balaban J connectivity index is 2.18. The van der Waals surface area contributed by atoms with Gasteiger partial charge >= 0.3 is 0 Å². The lowest BCUT2D eigenvalue weighted by Crippen LogP contribution is -1.91. The molecule has 0 radical (unpaired) electrons. The molecule has 0 saturated heterocycles. The van der Waals surface area contributed by atoms with Crippen LogP contribution in [0.1, 0.15) is 25.3 Å². The Kier molecular flexibility index (Phi) is 3.59. The van der Waals surface area contributed by atoms with Gasteiger partial charge in [-0.3, -0.25) is 0 Å². The van der Waals surface area contributed by atoms with E-state index in [1.807, 2.05) is 44.2 Å². The van der Waals surface area contributed by atoms with Crippen LogP contribution in [-0.2, 0) is 0 Å². The molecule has 0 atom stereocenters. The zero-order chi connectivity index (χ0) is 15.7. The van der Waals surface area contributed by atoms with Crippen molar-refractivity contribution >= 4 is 0 Å². The van der Waals surface area contributed by atoms with Crippen molar-refractivity contribution in [2.45, 2.75) is 19.8 Å². The second-order valence-corrected chi connectivity index (χ2v) is 5.48. The molecular weight excluding hydrogens is 278 g/mol. The number of aromatic hydroxyl groups is 2. The summed E-state index contributed by atoms with van der Waals surface area (Å²) in [6.07, 6.45) is 1.36. The largest absolute Gasteiger partial charge is 0.508 e. The summed E-state index contributed by atoms with van der Waals surface area (Å²) in [5.41, 5.74) is 2.85. The first-order valence-electron chi connectivity index (χ1n) is 7.13. The lowest BCUT2D eigenvalue weighted by Gasteiger charge is -2.12. The molecule has 1 heterocycles. The first kappa shape index (κ1) is 14.2. The number of nitrogens with zero attached hydrogens (tertiary/aromatic N) is 1. The highest BCUT2D eigenvalue weighted by Gasteiger charge is 2.19. The molecule has 0 fully saturated rings. The Bertz CT molecular complexity index is 791. The highest BCUT2D eigenvalue weighted by molar-refractivity contribution is 5.80. The van der Waals surface area contributed by atoms with Gasteiger partial charge in [0.2, 0.25) is 0 Å². The van der Waals surface area contributed by atoms with Gasteiger partial charge in [-0.05, 0) is 17.5 Å². The van der Waals surface area contributed by atoms with E-state index in [0.717, 1.165) is 11.1 Å². The number of phenols is 2. The van der Waals surface area contributed by atoms with Crippen molar-refractivity contribution in [1.82, 2.24) is 4.98 Å². The average molecular weight is 295 g/mol. The van der Waals surface area contributed by atoms with Crippen LogP contribution in [-0.4, -0.2) is 15.2 Å². The summed E-state index contributed by atoms with van der Waals surface area (Å²) in [6, 6.07) is 12.7. The minimum absolute atomic E-state index is 0.0316. The maximum absolute atomic E-state index is 10.2. The predicted molar refractivity (Wildman–Crippen MR) is 84.8 cm³/mol. The molecule has 0 saturated carbocycles. The molecule has 3 rings (SSSR count). The fraction of sp³-hybridized carbons (Fsp3) is 0.167. The van der Waals surface area contributed by atoms with E-state index in [-0.39, 0.29) is 17.4 Å². The Morgan fingerprint density at radius 2 is 1.73 bits per heavy atom. The molecule has 22 heavy (non-hydrogen) atoms. The molecule has 0 aliphatic carbocycles. The SMILES string of the molecule is CC(C)c1cc(-c2ocnc2-c2ccccc2)c(O)cc1O. The minimum atomic E-state index is -0.0316. The first-order chi connectivity index (χ1) is 10.6. The van der Waals surface area contributed by atoms with E-state index < -0.39 is 0 Å². The van der Waals surface area contributed by atoms with Gasteiger partial charge in [-0.2, -0.15) is 0 Å². The van der Waals surface area contributed by atoms with Crippen LogP contribution in [0.5, 0.6) is 11.5 Å². The van der Waals surface area contributed by atoms with Gasteiger partial charge in [-0.1, -0.05) is 44.2 Å². The van der Waals surface area contributed by atoms with Crippen molar-refractivity contribution in [1.29, 1.82) is 0 Å². The molecule has 4 heteroatoms. The van der Waals surface area contributed by atoms with Gasteiger partial charge in [-0.25, -0.2) is 4.98 Å². The number of aromatic nitrogens is 1. The summed E-state index contributed by atoms with van der Waals surface area (Å²) in [7, 11) is 0. The topological polar surface area (TPSA) is 66.5 Å². The molecular formula is C18H17NO3. The van der Waals surface area contributed by atoms with Crippen molar-refractivity contribution in [3.63, 3.8) is 0 Å². The third kappa shape index (κ3) is 2.44. The molecule has 2 aromatic carbocycles. The lowest BCUT2D eigenvalue weighted by molar-refractivity contribution is 0.443. The highest BCUT2D eigenvalue weighted by atomic mass is 16.3. The quantitative estimate of drug-likeness (QED) is 0.744. The van der Waals surface area contributed by atoms with Gasteiger partial charge in [0, 0.05) is 11.6 Å². The van der Waals surface area contributed by atoms with Crippen LogP contribution in [0.15, 0.2) is 53.3 Å². The molecule has 0 aliphatic rings. The van der Waals surface area contributed by atoms with E-state index in [1.54, 1.807) is 6.07 Å². The van der Waals surface area contributed by atoms with Crippen LogP contribution in [0.4, 0.5) is 0 Å². The van der Waals surface area contributed by atoms with Crippen LogP contribution < -0.4 is 0 Å². The van der Waals surface area contributed by atoms with Gasteiger partial charge in [0.1, 0.15) is 17.2 Å². The Labute approximate surface area is 128 Å². The van der Waals surface area contributed by atoms with Gasteiger partial charge in [0.15, 0.2) is 12.2 Å². The molecule has 0 bridgehead atoms. The summed E-state index contributed by atoms with van der Waals surface area (Å²) in [5.74, 6) is 0.668. The fourth-order valence-electron chi connectivity index (χ4n) is 2.48. The molecule has 3 aromatic rings. The normalized spacial score (nSPS) is 11.0. The molecule has 1 aromatic heterocycles. The van der Waals surface area contributed by atoms with Crippen LogP contribution >= 0.6 is 0 Å². The fourth-order valence-corrected chi connectivity index (χ4v) is 2.48. The van der Waals surface area contributed by atoms with Crippen LogP contribution in [0.2, 0.25) is 0 Å². The van der Waals surface area contributed by atoms with Gasteiger partial charge in [0.05, 0.1) is 5.56 Å². The Hall–Kier alpha value is -2.75. The van der Waals surface area contributed by atoms with Gasteiger partial charge < -0.3 is 14.6 Å². The summed E-state index contributed by atoms with van der Waals surface area (Å²) >= 11 is 0. The second-order valence-electron chi connectivity index (χ2n) is 5.48. The first-order valence-corrected chi connectivity index (χ1v) is 7.13. The smallest absolute Gasteiger partial charge is 0.182 e. The highest BCUT2D eigenvalue weighted by Crippen LogP contribution is 2.41. The number of hydrogen-bond acceptors (Lipinski definition) is 4. The van der Waals surface area contributed by atoms with Gasteiger partial charge in [-0.15, -0.1) is 0 Å². The molecule has 4 nitrogen and oxygen atoms in total. The van der Waals surface area contributed by atoms with E-state index in [0.29, 0.717) is 17.0 Å². The molecule has 112 valence electrons. The maximum atomic E-state index is 10.2. The summed E-state index contributed by atoms with van der Waals surface area (Å²) in [5, 5.41) is 20.2. The number of hydrogen-bond donors (Lipinski definition) is 2. The lowest BCUT2D eigenvalue weighted by atomic mass is 9.96. The summed E-state index contributed by atoms with van der Waals surface area (Å²) in [6.45, 7) is 3.96. The van der Waals surface area contributed by atoms with Crippen molar-refractivity contribution in [2.75, 3.05) is 0 Å². The van der Waals surface area contributed by atoms with Crippen molar-refractivity contribution in [3.05, 3.63) is 54.4 Å². The van der Waals surface area contributed by atoms with Crippen LogP contribution in [0, 0.1) is 0 Å². The van der Waals surface area contributed by atoms with Gasteiger partial charge in [0.25, 0.3) is 0 Å². The molecule has 2 N–H and O–H groups in total.